The van der Waals surface area contributed by atoms with Gasteiger partial charge in [-0.05, 0) is 12.1 Å². The third-order valence-corrected chi connectivity index (χ3v) is 2.59. The molecule has 0 amide bonds. The van der Waals surface area contributed by atoms with Crippen LogP contribution in [0.2, 0.25) is 5.02 Å². The second-order valence-electron chi connectivity index (χ2n) is 3.65. The van der Waals surface area contributed by atoms with Gasteiger partial charge in [-0.15, -0.1) is 0 Å². The van der Waals surface area contributed by atoms with Crippen molar-refractivity contribution in [1.29, 1.82) is 0 Å². The SMILES string of the molecule is COC(=O)c1cccc(Oc2cncc(Cl)c2)c1N. The van der Waals surface area contributed by atoms with Gasteiger partial charge in [0.1, 0.15) is 5.75 Å². The first-order valence-electron chi connectivity index (χ1n) is 5.37. The number of hydrogen-bond acceptors (Lipinski definition) is 5. The lowest BCUT2D eigenvalue weighted by atomic mass is 10.1. The molecule has 2 N–H and O–H groups in total. The van der Waals surface area contributed by atoms with Gasteiger partial charge in [0.25, 0.3) is 0 Å². The Morgan fingerprint density at radius 3 is 2.84 bits per heavy atom. The largest absolute Gasteiger partial charge is 0.465 e. The second-order valence-corrected chi connectivity index (χ2v) is 4.09. The Bertz CT molecular complexity index is 617. The number of halogens is 1. The van der Waals surface area contributed by atoms with E-state index in [0.29, 0.717) is 16.5 Å². The average Bonchev–Trinajstić information content (AvgIpc) is 2.40. The van der Waals surface area contributed by atoms with E-state index in [1.165, 1.54) is 19.5 Å². The number of benzene rings is 1. The molecule has 0 aliphatic rings. The lowest BCUT2D eigenvalue weighted by Gasteiger charge is -2.10. The van der Waals surface area contributed by atoms with Crippen LogP contribution in [0.15, 0.2) is 36.7 Å². The summed E-state index contributed by atoms with van der Waals surface area (Å²) < 4.78 is 10.2. The van der Waals surface area contributed by atoms with Crippen molar-refractivity contribution in [2.24, 2.45) is 0 Å². The number of para-hydroxylation sites is 1. The number of pyridine rings is 1. The molecule has 6 heteroatoms. The second kappa shape index (κ2) is 5.58. The Hall–Kier alpha value is -2.27. The first-order chi connectivity index (χ1) is 9.11. The highest BCUT2D eigenvalue weighted by molar-refractivity contribution is 6.30. The van der Waals surface area contributed by atoms with Gasteiger partial charge in [0.2, 0.25) is 0 Å². The molecule has 0 spiro atoms. The van der Waals surface area contributed by atoms with Gasteiger partial charge in [-0.3, -0.25) is 4.98 Å². The predicted molar refractivity (Wildman–Crippen MR) is 71.5 cm³/mol. The van der Waals surface area contributed by atoms with Crippen LogP contribution in [0, 0.1) is 0 Å². The van der Waals surface area contributed by atoms with E-state index in [0.717, 1.165) is 0 Å². The quantitative estimate of drug-likeness (QED) is 0.690. The maximum Gasteiger partial charge on any atom is 0.340 e. The molecule has 0 bridgehead atoms. The highest BCUT2D eigenvalue weighted by Crippen LogP contribution is 2.30. The molecule has 0 aliphatic carbocycles. The van der Waals surface area contributed by atoms with Crippen LogP contribution in [0.4, 0.5) is 5.69 Å². The maximum absolute atomic E-state index is 11.5. The zero-order valence-electron chi connectivity index (χ0n) is 10.1. The van der Waals surface area contributed by atoms with Crippen LogP contribution in [0.5, 0.6) is 11.5 Å². The van der Waals surface area contributed by atoms with Crippen molar-refractivity contribution in [3.63, 3.8) is 0 Å². The summed E-state index contributed by atoms with van der Waals surface area (Å²) in [5.41, 5.74) is 6.31. The molecule has 19 heavy (non-hydrogen) atoms. The van der Waals surface area contributed by atoms with Crippen molar-refractivity contribution in [3.05, 3.63) is 47.2 Å². The fraction of sp³-hybridized carbons (Fsp3) is 0.0769. The molecule has 2 rings (SSSR count). The summed E-state index contributed by atoms with van der Waals surface area (Å²) >= 11 is 5.81. The van der Waals surface area contributed by atoms with Gasteiger partial charge in [0, 0.05) is 12.3 Å². The normalized spacial score (nSPS) is 10.0. The summed E-state index contributed by atoms with van der Waals surface area (Å²) in [6.07, 6.45) is 2.98. The van der Waals surface area contributed by atoms with E-state index in [-0.39, 0.29) is 11.3 Å². The first-order valence-corrected chi connectivity index (χ1v) is 5.75. The molecular formula is C13H11ClN2O3. The number of anilines is 1. The zero-order chi connectivity index (χ0) is 13.8. The fourth-order valence-corrected chi connectivity index (χ4v) is 1.66. The zero-order valence-corrected chi connectivity index (χ0v) is 10.8. The summed E-state index contributed by atoms with van der Waals surface area (Å²) in [5.74, 6) is 0.250. The van der Waals surface area contributed by atoms with Gasteiger partial charge in [-0.1, -0.05) is 17.7 Å². The Balaban J connectivity index is 2.33. The molecule has 0 atom stereocenters. The number of carbonyl (C=O) groups excluding carboxylic acids is 1. The number of aromatic nitrogens is 1. The number of nitrogens with zero attached hydrogens (tertiary/aromatic N) is 1. The van der Waals surface area contributed by atoms with Crippen LogP contribution < -0.4 is 10.5 Å². The van der Waals surface area contributed by atoms with Crippen molar-refractivity contribution in [1.82, 2.24) is 4.98 Å². The van der Waals surface area contributed by atoms with E-state index in [1.807, 2.05) is 0 Å². The van der Waals surface area contributed by atoms with E-state index in [1.54, 1.807) is 24.3 Å². The molecule has 1 aromatic heterocycles. The number of esters is 1. The smallest absolute Gasteiger partial charge is 0.340 e. The molecule has 0 aliphatic heterocycles. The van der Waals surface area contributed by atoms with E-state index >= 15 is 0 Å². The number of nitrogen functional groups attached to an aromatic ring is 1. The summed E-state index contributed by atoms with van der Waals surface area (Å²) in [6.45, 7) is 0. The van der Waals surface area contributed by atoms with Crippen LogP contribution in [0.3, 0.4) is 0 Å². The number of carbonyl (C=O) groups is 1. The van der Waals surface area contributed by atoms with E-state index in [2.05, 4.69) is 9.72 Å². The lowest BCUT2D eigenvalue weighted by Crippen LogP contribution is -2.06. The Kier molecular flexibility index (Phi) is 3.87. The molecule has 0 saturated heterocycles. The minimum atomic E-state index is -0.521. The minimum Gasteiger partial charge on any atom is -0.465 e. The summed E-state index contributed by atoms with van der Waals surface area (Å²) in [7, 11) is 1.29. The van der Waals surface area contributed by atoms with Gasteiger partial charge in [-0.25, -0.2) is 4.79 Å². The Morgan fingerprint density at radius 1 is 1.37 bits per heavy atom. The van der Waals surface area contributed by atoms with Crippen LogP contribution in [-0.2, 0) is 4.74 Å². The number of ether oxygens (including phenoxy) is 2. The molecule has 0 fully saturated rings. The lowest BCUT2D eigenvalue weighted by molar-refractivity contribution is 0.0601. The van der Waals surface area contributed by atoms with Crippen molar-refractivity contribution >= 4 is 23.3 Å². The van der Waals surface area contributed by atoms with E-state index in [9.17, 15) is 4.79 Å². The van der Waals surface area contributed by atoms with Crippen LogP contribution in [0.25, 0.3) is 0 Å². The molecule has 2 aromatic rings. The molecular weight excluding hydrogens is 268 g/mol. The van der Waals surface area contributed by atoms with Crippen molar-refractivity contribution in [2.45, 2.75) is 0 Å². The molecule has 0 radical (unpaired) electrons. The molecule has 98 valence electrons. The molecule has 5 nitrogen and oxygen atoms in total. The van der Waals surface area contributed by atoms with Crippen LogP contribution >= 0.6 is 11.6 Å². The monoisotopic (exact) mass is 278 g/mol. The third-order valence-electron chi connectivity index (χ3n) is 2.38. The van der Waals surface area contributed by atoms with E-state index < -0.39 is 5.97 Å². The highest BCUT2D eigenvalue weighted by Gasteiger charge is 2.14. The van der Waals surface area contributed by atoms with Gasteiger partial charge in [-0.2, -0.15) is 0 Å². The van der Waals surface area contributed by atoms with Crippen LogP contribution in [0.1, 0.15) is 10.4 Å². The van der Waals surface area contributed by atoms with Crippen LogP contribution in [-0.4, -0.2) is 18.1 Å². The summed E-state index contributed by atoms with van der Waals surface area (Å²) in [4.78, 5) is 15.4. The molecule has 0 unspecified atom stereocenters. The highest BCUT2D eigenvalue weighted by atomic mass is 35.5. The Morgan fingerprint density at radius 2 is 2.16 bits per heavy atom. The number of methoxy groups -OCH3 is 1. The topological polar surface area (TPSA) is 74.4 Å². The third kappa shape index (κ3) is 2.95. The number of rotatable bonds is 3. The van der Waals surface area contributed by atoms with Gasteiger partial charge in [0.05, 0.1) is 29.6 Å². The maximum atomic E-state index is 11.5. The number of hydrogen-bond donors (Lipinski definition) is 1. The van der Waals surface area contributed by atoms with Gasteiger partial charge >= 0.3 is 5.97 Å². The predicted octanol–water partition coefficient (Wildman–Crippen LogP) is 2.90. The van der Waals surface area contributed by atoms with Gasteiger partial charge < -0.3 is 15.2 Å². The van der Waals surface area contributed by atoms with Crippen molar-refractivity contribution in [2.75, 3.05) is 12.8 Å². The molecule has 0 saturated carbocycles. The fourth-order valence-electron chi connectivity index (χ4n) is 1.50. The van der Waals surface area contributed by atoms with E-state index in [4.69, 9.17) is 22.1 Å². The average molecular weight is 279 g/mol. The summed E-state index contributed by atoms with van der Waals surface area (Å²) in [5, 5.41) is 0.445. The minimum absolute atomic E-state index is 0.203. The molecule has 1 heterocycles. The standard InChI is InChI=1S/C13H11ClN2O3/c1-18-13(17)10-3-2-4-11(12(10)15)19-9-5-8(14)6-16-7-9/h2-7H,15H2,1H3. The first kappa shape index (κ1) is 13.2. The number of nitrogens with two attached hydrogens (primary N) is 1. The summed E-state index contributed by atoms with van der Waals surface area (Å²) in [6, 6.07) is 6.45. The van der Waals surface area contributed by atoms with Crippen molar-refractivity contribution < 1.29 is 14.3 Å². The Labute approximate surface area is 114 Å². The van der Waals surface area contributed by atoms with Crippen molar-refractivity contribution in [3.8, 4) is 11.5 Å². The molecule has 1 aromatic carbocycles. The van der Waals surface area contributed by atoms with Gasteiger partial charge in [0.15, 0.2) is 5.75 Å².